The summed E-state index contributed by atoms with van der Waals surface area (Å²) in [7, 11) is -3.69. The predicted molar refractivity (Wildman–Crippen MR) is 82.1 cm³/mol. The number of nitrogens with zero attached hydrogens (tertiary/aromatic N) is 2. The van der Waals surface area contributed by atoms with E-state index < -0.39 is 10.0 Å². The van der Waals surface area contributed by atoms with Gasteiger partial charge in [-0.05, 0) is 38.0 Å². The van der Waals surface area contributed by atoms with Gasteiger partial charge in [0.15, 0.2) is 0 Å². The molecule has 22 heavy (non-hydrogen) atoms. The average Bonchev–Trinajstić information content (AvgIpc) is 3.02. The van der Waals surface area contributed by atoms with Crippen molar-refractivity contribution < 1.29 is 13.2 Å². The number of hydrogen-bond donors (Lipinski definition) is 2. The van der Waals surface area contributed by atoms with Gasteiger partial charge >= 0.3 is 0 Å². The molecule has 2 heterocycles. The molecule has 0 atom stereocenters. The van der Waals surface area contributed by atoms with E-state index in [4.69, 9.17) is 5.14 Å². The van der Waals surface area contributed by atoms with Crippen molar-refractivity contribution in [2.75, 3.05) is 0 Å². The number of nitrogens with one attached hydrogen (secondary N) is 1. The molecule has 3 rings (SSSR count). The Balaban J connectivity index is 1.69. The first-order valence-electron chi connectivity index (χ1n) is 6.80. The van der Waals surface area contributed by atoms with Gasteiger partial charge in [-0.2, -0.15) is 5.10 Å². The van der Waals surface area contributed by atoms with Gasteiger partial charge in [-0.1, -0.05) is 0 Å². The number of amides is 1. The lowest BCUT2D eigenvalue weighted by atomic mass is 10.3. The van der Waals surface area contributed by atoms with Gasteiger partial charge in [0.25, 0.3) is 5.91 Å². The van der Waals surface area contributed by atoms with Crippen LogP contribution < -0.4 is 10.5 Å². The third kappa shape index (κ3) is 3.21. The van der Waals surface area contributed by atoms with Crippen molar-refractivity contribution in [1.82, 2.24) is 15.1 Å². The third-order valence-electron chi connectivity index (χ3n) is 3.32. The minimum atomic E-state index is -3.69. The van der Waals surface area contributed by atoms with Crippen molar-refractivity contribution in [2.24, 2.45) is 5.14 Å². The Bertz CT molecular complexity index is 818. The first kappa shape index (κ1) is 15.2. The van der Waals surface area contributed by atoms with Crippen LogP contribution in [0, 0.1) is 6.92 Å². The zero-order chi connectivity index (χ0) is 15.9. The SMILES string of the molecule is Cc1cc(C(=O)NCc2ccc(S(N)(=O)=O)s2)n(C2CC2)n1. The first-order valence-corrected chi connectivity index (χ1v) is 9.17. The summed E-state index contributed by atoms with van der Waals surface area (Å²) < 4.78 is 24.3. The second kappa shape index (κ2) is 5.49. The molecule has 9 heteroatoms. The summed E-state index contributed by atoms with van der Waals surface area (Å²) in [4.78, 5) is 13.0. The number of primary sulfonamides is 1. The molecule has 1 saturated carbocycles. The molecule has 0 saturated heterocycles. The maximum atomic E-state index is 12.3. The number of nitrogens with two attached hydrogens (primary N) is 1. The predicted octanol–water partition coefficient (Wildman–Crippen LogP) is 1.17. The number of aryl methyl sites for hydroxylation is 1. The lowest BCUT2D eigenvalue weighted by Gasteiger charge is -2.06. The molecule has 0 radical (unpaired) electrons. The number of hydrogen-bond acceptors (Lipinski definition) is 5. The fourth-order valence-corrected chi connectivity index (χ4v) is 3.87. The van der Waals surface area contributed by atoms with E-state index in [0.717, 1.165) is 34.7 Å². The van der Waals surface area contributed by atoms with Crippen LogP contribution in [0.15, 0.2) is 22.4 Å². The molecule has 1 aliphatic rings. The van der Waals surface area contributed by atoms with E-state index >= 15 is 0 Å². The number of carbonyl (C=O) groups excluding carboxylic acids is 1. The molecule has 1 fully saturated rings. The van der Waals surface area contributed by atoms with Crippen LogP contribution in [0.4, 0.5) is 0 Å². The number of aromatic nitrogens is 2. The van der Waals surface area contributed by atoms with Crippen LogP contribution in [0.1, 0.15) is 39.9 Å². The highest BCUT2D eigenvalue weighted by molar-refractivity contribution is 7.91. The highest BCUT2D eigenvalue weighted by Crippen LogP contribution is 2.35. The molecule has 1 aliphatic carbocycles. The summed E-state index contributed by atoms with van der Waals surface area (Å²) in [6.07, 6.45) is 2.09. The summed E-state index contributed by atoms with van der Waals surface area (Å²) in [5, 5.41) is 12.2. The van der Waals surface area contributed by atoms with E-state index in [1.165, 1.54) is 6.07 Å². The average molecular weight is 340 g/mol. The molecule has 0 aromatic carbocycles. The minimum absolute atomic E-state index is 0.0932. The summed E-state index contributed by atoms with van der Waals surface area (Å²) in [5.41, 5.74) is 1.35. The van der Waals surface area contributed by atoms with Crippen LogP contribution in [0.3, 0.4) is 0 Å². The Morgan fingerprint density at radius 2 is 2.23 bits per heavy atom. The summed E-state index contributed by atoms with van der Waals surface area (Å²) >= 11 is 1.05. The number of sulfonamides is 1. The molecular formula is C13H16N4O3S2. The van der Waals surface area contributed by atoms with Crippen molar-refractivity contribution in [3.05, 3.63) is 34.5 Å². The molecule has 3 N–H and O–H groups in total. The van der Waals surface area contributed by atoms with Crippen molar-refractivity contribution >= 4 is 27.3 Å². The number of rotatable bonds is 5. The van der Waals surface area contributed by atoms with E-state index in [1.807, 2.05) is 6.92 Å². The van der Waals surface area contributed by atoms with Gasteiger partial charge in [0.05, 0.1) is 18.3 Å². The maximum Gasteiger partial charge on any atom is 0.269 e. The molecule has 118 valence electrons. The van der Waals surface area contributed by atoms with Gasteiger partial charge in [-0.3, -0.25) is 9.48 Å². The van der Waals surface area contributed by atoms with Crippen molar-refractivity contribution in [2.45, 2.75) is 36.6 Å². The Hall–Kier alpha value is -1.71. The molecular weight excluding hydrogens is 324 g/mol. The lowest BCUT2D eigenvalue weighted by Crippen LogP contribution is -2.25. The molecule has 0 unspecified atom stereocenters. The Morgan fingerprint density at radius 1 is 1.50 bits per heavy atom. The highest BCUT2D eigenvalue weighted by Gasteiger charge is 2.29. The standard InChI is InChI=1S/C13H16N4O3S2/c1-8-6-11(17(16-8)9-2-3-9)13(18)15-7-10-4-5-12(21-10)22(14,19)20/h4-6,9H,2-3,7H2,1H3,(H,15,18)(H2,14,19,20). The lowest BCUT2D eigenvalue weighted by molar-refractivity contribution is 0.0940. The summed E-state index contributed by atoms with van der Waals surface area (Å²) in [5.74, 6) is -0.210. The molecule has 0 bridgehead atoms. The number of thiophene rings is 1. The fourth-order valence-electron chi connectivity index (χ4n) is 2.15. The highest BCUT2D eigenvalue weighted by atomic mass is 32.2. The topological polar surface area (TPSA) is 107 Å². The van der Waals surface area contributed by atoms with Gasteiger partial charge in [-0.15, -0.1) is 11.3 Å². The van der Waals surface area contributed by atoms with E-state index in [0.29, 0.717) is 11.7 Å². The summed E-state index contributed by atoms with van der Waals surface area (Å²) in [6, 6.07) is 5.18. The van der Waals surface area contributed by atoms with Gasteiger partial charge in [-0.25, -0.2) is 13.6 Å². The van der Waals surface area contributed by atoms with Crippen LogP contribution in [0.2, 0.25) is 0 Å². The van der Waals surface area contributed by atoms with Crippen LogP contribution >= 0.6 is 11.3 Å². The van der Waals surface area contributed by atoms with E-state index in [2.05, 4.69) is 10.4 Å². The van der Waals surface area contributed by atoms with Crippen LogP contribution in [-0.4, -0.2) is 24.1 Å². The maximum absolute atomic E-state index is 12.3. The van der Waals surface area contributed by atoms with Crippen LogP contribution in [0.5, 0.6) is 0 Å². The largest absolute Gasteiger partial charge is 0.346 e. The Kier molecular flexibility index (Phi) is 3.79. The van der Waals surface area contributed by atoms with E-state index in [9.17, 15) is 13.2 Å². The molecule has 0 aliphatic heterocycles. The second-order valence-corrected chi connectivity index (χ2v) is 8.25. The Morgan fingerprint density at radius 3 is 2.82 bits per heavy atom. The van der Waals surface area contributed by atoms with Crippen molar-refractivity contribution in [3.8, 4) is 0 Å². The van der Waals surface area contributed by atoms with Gasteiger partial charge in [0.2, 0.25) is 10.0 Å². The molecule has 1 amide bonds. The zero-order valence-electron chi connectivity index (χ0n) is 11.9. The zero-order valence-corrected chi connectivity index (χ0v) is 13.6. The van der Waals surface area contributed by atoms with E-state index in [-0.39, 0.29) is 16.7 Å². The quantitative estimate of drug-likeness (QED) is 0.851. The van der Waals surface area contributed by atoms with Crippen molar-refractivity contribution in [3.63, 3.8) is 0 Å². The fraction of sp³-hybridized carbons (Fsp3) is 0.385. The van der Waals surface area contributed by atoms with Crippen LogP contribution in [-0.2, 0) is 16.6 Å². The molecule has 0 spiro atoms. The minimum Gasteiger partial charge on any atom is -0.346 e. The van der Waals surface area contributed by atoms with Gasteiger partial charge in [0, 0.05) is 4.88 Å². The molecule has 2 aromatic heterocycles. The molecule has 7 nitrogen and oxygen atoms in total. The normalized spacial score (nSPS) is 15.0. The number of carbonyl (C=O) groups is 1. The smallest absolute Gasteiger partial charge is 0.269 e. The van der Waals surface area contributed by atoms with Gasteiger partial charge < -0.3 is 5.32 Å². The molecule has 2 aromatic rings. The third-order valence-corrected chi connectivity index (χ3v) is 5.85. The van der Waals surface area contributed by atoms with E-state index in [1.54, 1.807) is 16.8 Å². The Labute approximate surface area is 132 Å². The monoisotopic (exact) mass is 340 g/mol. The van der Waals surface area contributed by atoms with Gasteiger partial charge in [0.1, 0.15) is 9.90 Å². The second-order valence-electron chi connectivity index (χ2n) is 5.30. The van der Waals surface area contributed by atoms with Crippen LogP contribution in [0.25, 0.3) is 0 Å². The summed E-state index contributed by atoms with van der Waals surface area (Å²) in [6.45, 7) is 2.11. The first-order chi connectivity index (χ1) is 10.3. The van der Waals surface area contributed by atoms with Crippen molar-refractivity contribution in [1.29, 1.82) is 0 Å².